The number of amides is 1. The van der Waals surface area contributed by atoms with E-state index >= 15 is 0 Å². The van der Waals surface area contributed by atoms with E-state index in [0.717, 1.165) is 18.9 Å². The van der Waals surface area contributed by atoms with Crippen LogP contribution in [0.2, 0.25) is 0 Å². The van der Waals surface area contributed by atoms with Gasteiger partial charge in [0, 0.05) is 18.8 Å². The van der Waals surface area contributed by atoms with Crippen molar-refractivity contribution in [2.24, 2.45) is 0 Å². The predicted molar refractivity (Wildman–Crippen MR) is 82.6 cm³/mol. The third kappa shape index (κ3) is 3.04. The van der Waals surface area contributed by atoms with Crippen molar-refractivity contribution in [3.05, 3.63) is 47.7 Å². The number of nitrogens with zero attached hydrogens (tertiary/aromatic N) is 4. The maximum absolute atomic E-state index is 12.1. The van der Waals surface area contributed by atoms with Crippen molar-refractivity contribution < 1.29 is 4.79 Å². The molecule has 1 aliphatic rings. The lowest BCUT2D eigenvalue weighted by Gasteiger charge is -2.15. The van der Waals surface area contributed by atoms with Gasteiger partial charge in [0.1, 0.15) is 0 Å². The molecule has 22 heavy (non-hydrogen) atoms. The van der Waals surface area contributed by atoms with E-state index in [4.69, 9.17) is 5.26 Å². The molecule has 1 aliphatic heterocycles. The molecule has 0 saturated carbocycles. The van der Waals surface area contributed by atoms with Crippen LogP contribution in [-0.4, -0.2) is 29.2 Å². The second-order valence-electron chi connectivity index (χ2n) is 5.12. The summed E-state index contributed by atoms with van der Waals surface area (Å²) in [5, 5.41) is 19.7. The molecule has 1 fully saturated rings. The zero-order chi connectivity index (χ0) is 15.4. The highest BCUT2D eigenvalue weighted by atomic mass is 16.1. The fourth-order valence-corrected chi connectivity index (χ4v) is 2.42. The van der Waals surface area contributed by atoms with Gasteiger partial charge in [0.2, 0.25) is 0 Å². The summed E-state index contributed by atoms with van der Waals surface area (Å²) in [5.41, 5.74) is 1.31. The van der Waals surface area contributed by atoms with Gasteiger partial charge in [0.05, 0.1) is 11.6 Å². The molecule has 6 nitrogen and oxygen atoms in total. The molecule has 0 spiro atoms. The minimum absolute atomic E-state index is 0.255. The maximum atomic E-state index is 12.1. The molecule has 0 bridgehead atoms. The largest absolute Gasteiger partial charge is 0.355 e. The lowest BCUT2D eigenvalue weighted by atomic mass is 10.2. The number of anilines is 2. The summed E-state index contributed by atoms with van der Waals surface area (Å²) in [5.74, 6) is 0.469. The third-order valence-electron chi connectivity index (χ3n) is 3.56. The van der Waals surface area contributed by atoms with Crippen LogP contribution in [-0.2, 0) is 0 Å². The summed E-state index contributed by atoms with van der Waals surface area (Å²) in [6, 6.07) is 12.3. The molecular formula is C16H15N5O. The number of carbonyl (C=O) groups is 1. The van der Waals surface area contributed by atoms with Gasteiger partial charge in [-0.2, -0.15) is 5.26 Å². The molecule has 3 rings (SSSR count). The molecule has 0 atom stereocenters. The summed E-state index contributed by atoms with van der Waals surface area (Å²) < 4.78 is 0. The number of hydrogen-bond donors (Lipinski definition) is 1. The van der Waals surface area contributed by atoms with E-state index < -0.39 is 0 Å². The van der Waals surface area contributed by atoms with Crippen LogP contribution in [0.3, 0.4) is 0 Å². The number of nitrogens with one attached hydrogen (secondary N) is 1. The van der Waals surface area contributed by atoms with E-state index in [1.807, 2.05) is 12.1 Å². The monoisotopic (exact) mass is 293 g/mol. The maximum Gasteiger partial charge on any atom is 0.276 e. The van der Waals surface area contributed by atoms with Gasteiger partial charge in [-0.15, -0.1) is 10.2 Å². The van der Waals surface area contributed by atoms with Gasteiger partial charge in [-0.05, 0) is 43.2 Å². The van der Waals surface area contributed by atoms with E-state index in [0.29, 0.717) is 11.3 Å². The Morgan fingerprint density at radius 2 is 2.00 bits per heavy atom. The molecule has 0 radical (unpaired) electrons. The van der Waals surface area contributed by atoms with Crippen LogP contribution < -0.4 is 10.2 Å². The predicted octanol–water partition coefficient (Wildman–Crippen LogP) is 2.20. The summed E-state index contributed by atoms with van der Waals surface area (Å²) in [6.45, 7) is 1.97. The Morgan fingerprint density at radius 3 is 2.68 bits per heavy atom. The van der Waals surface area contributed by atoms with Crippen LogP contribution in [0.4, 0.5) is 11.5 Å². The summed E-state index contributed by atoms with van der Waals surface area (Å²) in [4.78, 5) is 14.3. The SMILES string of the molecule is N#Cc1cccc(NC(=O)c2ccc(N3CCCC3)nn2)c1. The zero-order valence-electron chi connectivity index (χ0n) is 12.0. The Hall–Kier alpha value is -2.94. The molecule has 0 unspecified atom stereocenters. The van der Waals surface area contributed by atoms with Crippen LogP contribution in [0.15, 0.2) is 36.4 Å². The summed E-state index contributed by atoms with van der Waals surface area (Å²) in [7, 11) is 0. The Labute approximate surface area is 128 Å². The van der Waals surface area contributed by atoms with Crippen molar-refractivity contribution in [3.63, 3.8) is 0 Å². The number of hydrogen-bond acceptors (Lipinski definition) is 5. The molecule has 1 N–H and O–H groups in total. The molecule has 1 aromatic carbocycles. The van der Waals surface area contributed by atoms with Gasteiger partial charge in [-0.3, -0.25) is 4.79 Å². The standard InChI is InChI=1S/C16H15N5O/c17-11-12-4-3-5-13(10-12)18-16(22)14-6-7-15(20-19-14)21-8-1-2-9-21/h3-7,10H,1-2,8-9H2,(H,18,22). The van der Waals surface area contributed by atoms with Crippen molar-refractivity contribution >= 4 is 17.4 Å². The van der Waals surface area contributed by atoms with Gasteiger partial charge in [-0.25, -0.2) is 0 Å². The number of carbonyl (C=O) groups excluding carboxylic acids is 1. The molecule has 110 valence electrons. The van der Waals surface area contributed by atoms with Gasteiger partial charge in [0.25, 0.3) is 5.91 Å². The minimum atomic E-state index is -0.337. The van der Waals surface area contributed by atoms with E-state index in [-0.39, 0.29) is 11.6 Å². The summed E-state index contributed by atoms with van der Waals surface area (Å²) in [6.07, 6.45) is 2.33. The van der Waals surface area contributed by atoms with Crippen LogP contribution in [0.25, 0.3) is 0 Å². The fourth-order valence-electron chi connectivity index (χ4n) is 2.42. The lowest BCUT2D eigenvalue weighted by Crippen LogP contribution is -2.21. The van der Waals surface area contributed by atoms with E-state index in [1.165, 1.54) is 12.8 Å². The molecule has 6 heteroatoms. The first-order valence-corrected chi connectivity index (χ1v) is 7.16. The molecule has 1 aromatic heterocycles. The molecular weight excluding hydrogens is 278 g/mol. The van der Waals surface area contributed by atoms with Gasteiger partial charge in [0.15, 0.2) is 11.5 Å². The van der Waals surface area contributed by atoms with E-state index in [1.54, 1.807) is 30.3 Å². The van der Waals surface area contributed by atoms with Crippen molar-refractivity contribution in [2.45, 2.75) is 12.8 Å². The molecule has 1 amide bonds. The van der Waals surface area contributed by atoms with Gasteiger partial charge in [-0.1, -0.05) is 6.07 Å². The molecule has 2 aromatic rings. The Bertz CT molecular complexity index is 714. The van der Waals surface area contributed by atoms with E-state index in [9.17, 15) is 4.79 Å². The normalized spacial score (nSPS) is 13.7. The lowest BCUT2D eigenvalue weighted by molar-refractivity contribution is 0.102. The summed E-state index contributed by atoms with van der Waals surface area (Å²) >= 11 is 0. The highest BCUT2D eigenvalue weighted by Crippen LogP contribution is 2.17. The highest BCUT2D eigenvalue weighted by molar-refractivity contribution is 6.02. The Kier molecular flexibility index (Phi) is 3.97. The number of benzene rings is 1. The van der Waals surface area contributed by atoms with Crippen LogP contribution in [0, 0.1) is 11.3 Å². The molecule has 0 aliphatic carbocycles. The zero-order valence-corrected chi connectivity index (χ0v) is 12.0. The average Bonchev–Trinajstić information content (AvgIpc) is 3.09. The molecule has 2 heterocycles. The fraction of sp³-hybridized carbons (Fsp3) is 0.250. The number of nitriles is 1. The van der Waals surface area contributed by atoms with Crippen LogP contribution in [0.5, 0.6) is 0 Å². The highest BCUT2D eigenvalue weighted by Gasteiger charge is 2.15. The van der Waals surface area contributed by atoms with Crippen LogP contribution in [0.1, 0.15) is 28.9 Å². The first-order chi connectivity index (χ1) is 10.8. The van der Waals surface area contributed by atoms with Crippen molar-refractivity contribution in [1.82, 2.24) is 10.2 Å². The second kappa shape index (κ2) is 6.22. The first-order valence-electron chi connectivity index (χ1n) is 7.16. The smallest absolute Gasteiger partial charge is 0.276 e. The van der Waals surface area contributed by atoms with Crippen molar-refractivity contribution in [1.29, 1.82) is 5.26 Å². The Morgan fingerprint density at radius 1 is 1.18 bits per heavy atom. The number of aromatic nitrogens is 2. The third-order valence-corrected chi connectivity index (χ3v) is 3.56. The Balaban J connectivity index is 1.70. The van der Waals surface area contributed by atoms with Crippen LogP contribution >= 0.6 is 0 Å². The van der Waals surface area contributed by atoms with Gasteiger partial charge < -0.3 is 10.2 Å². The first kappa shape index (κ1) is 14.0. The quantitative estimate of drug-likeness (QED) is 0.938. The second-order valence-corrected chi connectivity index (χ2v) is 5.12. The average molecular weight is 293 g/mol. The topological polar surface area (TPSA) is 81.9 Å². The minimum Gasteiger partial charge on any atom is -0.355 e. The molecule has 1 saturated heterocycles. The van der Waals surface area contributed by atoms with Crippen molar-refractivity contribution in [3.8, 4) is 6.07 Å². The van der Waals surface area contributed by atoms with Gasteiger partial charge >= 0.3 is 0 Å². The van der Waals surface area contributed by atoms with Crippen molar-refractivity contribution in [2.75, 3.05) is 23.3 Å². The number of rotatable bonds is 3. The van der Waals surface area contributed by atoms with E-state index in [2.05, 4.69) is 20.4 Å².